The molecule has 0 spiro atoms. The van der Waals surface area contributed by atoms with Crippen LogP contribution in [0.4, 0.5) is 5.82 Å². The van der Waals surface area contributed by atoms with Crippen molar-refractivity contribution in [2.75, 3.05) is 12.4 Å². The summed E-state index contributed by atoms with van der Waals surface area (Å²) < 4.78 is 0. The first kappa shape index (κ1) is 13.5. The van der Waals surface area contributed by atoms with Gasteiger partial charge in [-0.3, -0.25) is 4.98 Å². The van der Waals surface area contributed by atoms with Crippen LogP contribution in [0.15, 0.2) is 54.7 Å². The molecule has 0 saturated heterocycles. The second-order valence-electron chi connectivity index (χ2n) is 4.41. The van der Waals surface area contributed by atoms with Gasteiger partial charge in [0.1, 0.15) is 11.5 Å². The Labute approximate surface area is 127 Å². The van der Waals surface area contributed by atoms with Gasteiger partial charge in [0.05, 0.1) is 10.7 Å². The molecule has 1 N–H and O–H groups in total. The van der Waals surface area contributed by atoms with E-state index in [1.807, 2.05) is 43.4 Å². The van der Waals surface area contributed by atoms with Gasteiger partial charge in [-0.2, -0.15) is 0 Å². The molecular weight excluding hydrogens is 284 g/mol. The molecule has 0 bridgehead atoms. The number of hydrogen-bond donors (Lipinski definition) is 1. The Hall–Kier alpha value is -2.46. The van der Waals surface area contributed by atoms with Crippen molar-refractivity contribution < 1.29 is 0 Å². The smallest absolute Gasteiger partial charge is 0.182 e. The maximum Gasteiger partial charge on any atom is 0.182 e. The molecule has 0 unspecified atom stereocenters. The fraction of sp³-hybridized carbons (Fsp3) is 0.0625. The number of hydrogen-bond acceptors (Lipinski definition) is 4. The van der Waals surface area contributed by atoms with Crippen molar-refractivity contribution in [2.24, 2.45) is 0 Å². The standard InChI is InChI=1S/C16H13ClN4/c1-18-14-10-13(11-6-3-2-4-7-11)20-16(21-14)15-12(17)8-5-9-19-15/h2-10H,1H3,(H,18,20,21). The number of nitrogens with zero attached hydrogens (tertiary/aromatic N) is 3. The summed E-state index contributed by atoms with van der Waals surface area (Å²) in [6.45, 7) is 0. The number of halogens is 1. The molecule has 3 rings (SSSR count). The van der Waals surface area contributed by atoms with Crippen LogP contribution < -0.4 is 5.32 Å². The van der Waals surface area contributed by atoms with Gasteiger partial charge in [0.25, 0.3) is 0 Å². The third-order valence-electron chi connectivity index (χ3n) is 3.02. The summed E-state index contributed by atoms with van der Waals surface area (Å²) >= 11 is 6.19. The zero-order valence-corrected chi connectivity index (χ0v) is 12.2. The second-order valence-corrected chi connectivity index (χ2v) is 4.82. The molecule has 0 amide bonds. The molecule has 0 atom stereocenters. The molecule has 2 aromatic heterocycles. The van der Waals surface area contributed by atoms with Gasteiger partial charge in [-0.15, -0.1) is 0 Å². The molecule has 104 valence electrons. The predicted molar refractivity (Wildman–Crippen MR) is 85.3 cm³/mol. The largest absolute Gasteiger partial charge is 0.373 e. The average molecular weight is 297 g/mol. The summed E-state index contributed by atoms with van der Waals surface area (Å²) in [6.07, 6.45) is 1.68. The molecule has 0 saturated carbocycles. The molecule has 0 aliphatic heterocycles. The van der Waals surface area contributed by atoms with Crippen LogP contribution in [0.2, 0.25) is 5.02 Å². The Morgan fingerprint density at radius 3 is 2.52 bits per heavy atom. The molecule has 3 aromatic rings. The van der Waals surface area contributed by atoms with Crippen molar-refractivity contribution >= 4 is 17.4 Å². The van der Waals surface area contributed by atoms with E-state index in [4.69, 9.17) is 11.6 Å². The van der Waals surface area contributed by atoms with Gasteiger partial charge in [0.2, 0.25) is 0 Å². The first-order chi connectivity index (χ1) is 10.3. The number of pyridine rings is 1. The molecule has 4 nitrogen and oxygen atoms in total. The third-order valence-corrected chi connectivity index (χ3v) is 3.33. The van der Waals surface area contributed by atoms with E-state index < -0.39 is 0 Å². The first-order valence-electron chi connectivity index (χ1n) is 6.51. The zero-order chi connectivity index (χ0) is 14.7. The van der Waals surface area contributed by atoms with Crippen molar-refractivity contribution in [3.8, 4) is 22.8 Å². The Morgan fingerprint density at radius 1 is 1.00 bits per heavy atom. The third kappa shape index (κ3) is 2.85. The Balaban J connectivity index is 2.17. The summed E-state index contributed by atoms with van der Waals surface area (Å²) in [5, 5.41) is 3.58. The molecule has 0 fully saturated rings. The van der Waals surface area contributed by atoms with Gasteiger partial charge < -0.3 is 5.32 Å². The van der Waals surface area contributed by atoms with Crippen LogP contribution in [-0.2, 0) is 0 Å². The fourth-order valence-electron chi connectivity index (χ4n) is 1.99. The molecule has 0 radical (unpaired) electrons. The molecule has 0 aliphatic rings. The molecular formula is C16H13ClN4. The van der Waals surface area contributed by atoms with Crippen LogP contribution in [0.25, 0.3) is 22.8 Å². The van der Waals surface area contributed by atoms with Crippen molar-refractivity contribution in [2.45, 2.75) is 0 Å². The minimum absolute atomic E-state index is 0.506. The molecule has 2 heterocycles. The van der Waals surface area contributed by atoms with Crippen LogP contribution in [0, 0.1) is 0 Å². The molecule has 21 heavy (non-hydrogen) atoms. The predicted octanol–water partition coefficient (Wildman–Crippen LogP) is 3.90. The number of benzene rings is 1. The average Bonchev–Trinajstić information content (AvgIpc) is 2.55. The van der Waals surface area contributed by atoms with E-state index >= 15 is 0 Å². The van der Waals surface area contributed by atoms with E-state index in [9.17, 15) is 0 Å². The number of anilines is 1. The van der Waals surface area contributed by atoms with Crippen molar-refractivity contribution in [3.05, 3.63) is 59.8 Å². The van der Waals surface area contributed by atoms with E-state index in [1.54, 1.807) is 18.3 Å². The maximum atomic E-state index is 6.19. The first-order valence-corrected chi connectivity index (χ1v) is 6.89. The lowest BCUT2D eigenvalue weighted by Gasteiger charge is -2.08. The van der Waals surface area contributed by atoms with Crippen LogP contribution in [0.1, 0.15) is 0 Å². The van der Waals surface area contributed by atoms with Crippen LogP contribution >= 0.6 is 11.6 Å². The van der Waals surface area contributed by atoms with E-state index in [1.165, 1.54) is 0 Å². The topological polar surface area (TPSA) is 50.7 Å². The Bertz CT molecular complexity index is 759. The van der Waals surface area contributed by atoms with Gasteiger partial charge >= 0.3 is 0 Å². The molecule has 0 aliphatic carbocycles. The van der Waals surface area contributed by atoms with E-state index in [0.29, 0.717) is 16.5 Å². The summed E-state index contributed by atoms with van der Waals surface area (Å²) in [4.78, 5) is 13.3. The number of nitrogens with one attached hydrogen (secondary N) is 1. The van der Waals surface area contributed by atoms with Crippen LogP contribution in [0.3, 0.4) is 0 Å². The van der Waals surface area contributed by atoms with Gasteiger partial charge in [-0.1, -0.05) is 41.9 Å². The zero-order valence-electron chi connectivity index (χ0n) is 11.4. The van der Waals surface area contributed by atoms with E-state index in [2.05, 4.69) is 20.3 Å². The summed E-state index contributed by atoms with van der Waals surface area (Å²) in [5.41, 5.74) is 2.42. The molecule has 1 aromatic carbocycles. The SMILES string of the molecule is CNc1cc(-c2ccccc2)nc(-c2ncccc2Cl)n1. The minimum Gasteiger partial charge on any atom is -0.373 e. The van der Waals surface area contributed by atoms with Gasteiger partial charge in [-0.05, 0) is 12.1 Å². The highest BCUT2D eigenvalue weighted by atomic mass is 35.5. The lowest BCUT2D eigenvalue weighted by Crippen LogP contribution is -2.00. The van der Waals surface area contributed by atoms with Crippen molar-refractivity contribution in [1.29, 1.82) is 0 Å². The fourth-order valence-corrected chi connectivity index (χ4v) is 2.19. The highest BCUT2D eigenvalue weighted by Gasteiger charge is 2.11. The highest BCUT2D eigenvalue weighted by molar-refractivity contribution is 6.32. The Morgan fingerprint density at radius 2 is 1.81 bits per heavy atom. The number of rotatable bonds is 3. The Kier molecular flexibility index (Phi) is 3.79. The number of aromatic nitrogens is 3. The van der Waals surface area contributed by atoms with Gasteiger partial charge in [-0.25, -0.2) is 9.97 Å². The van der Waals surface area contributed by atoms with Gasteiger partial charge in [0, 0.05) is 24.9 Å². The second kappa shape index (κ2) is 5.89. The highest BCUT2D eigenvalue weighted by Crippen LogP contribution is 2.26. The van der Waals surface area contributed by atoms with Crippen LogP contribution in [0.5, 0.6) is 0 Å². The minimum atomic E-state index is 0.506. The van der Waals surface area contributed by atoms with Crippen molar-refractivity contribution in [1.82, 2.24) is 15.0 Å². The maximum absolute atomic E-state index is 6.19. The summed E-state index contributed by atoms with van der Waals surface area (Å²) in [6, 6.07) is 15.4. The van der Waals surface area contributed by atoms with Crippen molar-refractivity contribution in [3.63, 3.8) is 0 Å². The lowest BCUT2D eigenvalue weighted by atomic mass is 10.1. The molecule has 5 heteroatoms. The normalized spacial score (nSPS) is 10.4. The quantitative estimate of drug-likeness (QED) is 0.796. The summed E-state index contributed by atoms with van der Waals surface area (Å²) in [7, 11) is 1.82. The van der Waals surface area contributed by atoms with Crippen LogP contribution in [-0.4, -0.2) is 22.0 Å². The van der Waals surface area contributed by atoms with E-state index in [0.717, 1.165) is 17.1 Å². The lowest BCUT2D eigenvalue weighted by molar-refractivity contribution is 1.14. The van der Waals surface area contributed by atoms with Gasteiger partial charge in [0.15, 0.2) is 5.82 Å². The summed E-state index contributed by atoms with van der Waals surface area (Å²) in [5.74, 6) is 1.23. The van der Waals surface area contributed by atoms with E-state index in [-0.39, 0.29) is 0 Å². The monoisotopic (exact) mass is 296 g/mol.